The summed E-state index contributed by atoms with van der Waals surface area (Å²) in [6.45, 7) is 5.44. The van der Waals surface area contributed by atoms with E-state index >= 15 is 0 Å². The third-order valence-electron chi connectivity index (χ3n) is 3.63. The number of sulfonamides is 1. The van der Waals surface area contributed by atoms with Crippen LogP contribution in [0.2, 0.25) is 0 Å². The summed E-state index contributed by atoms with van der Waals surface area (Å²) in [5.41, 5.74) is 0.790. The molecule has 0 bridgehead atoms. The Bertz CT molecular complexity index is 576. The Morgan fingerprint density at radius 1 is 1.10 bits per heavy atom. The van der Waals surface area contributed by atoms with E-state index in [1.807, 2.05) is 44.2 Å². The van der Waals surface area contributed by atoms with Gasteiger partial charge in [-0.25, -0.2) is 8.42 Å². The third-order valence-corrected chi connectivity index (χ3v) is 5.48. The van der Waals surface area contributed by atoms with E-state index in [9.17, 15) is 13.2 Å². The summed E-state index contributed by atoms with van der Waals surface area (Å²) in [6.07, 6.45) is 0. The van der Waals surface area contributed by atoms with Crippen molar-refractivity contribution in [2.24, 2.45) is 5.92 Å². The van der Waals surface area contributed by atoms with Crippen molar-refractivity contribution >= 4 is 15.9 Å². The van der Waals surface area contributed by atoms with Gasteiger partial charge in [-0.3, -0.25) is 4.79 Å². The topological polar surface area (TPSA) is 57.7 Å². The fraction of sp³-hybridized carbons (Fsp3) is 0.533. The molecule has 1 aliphatic rings. The van der Waals surface area contributed by atoms with Gasteiger partial charge in [-0.15, -0.1) is 0 Å². The van der Waals surface area contributed by atoms with Crippen molar-refractivity contribution in [2.75, 3.05) is 26.2 Å². The van der Waals surface area contributed by atoms with Crippen LogP contribution in [0.25, 0.3) is 0 Å². The van der Waals surface area contributed by atoms with Gasteiger partial charge in [0.25, 0.3) is 0 Å². The molecule has 6 heteroatoms. The lowest BCUT2D eigenvalue weighted by atomic mass is 10.2. The minimum Gasteiger partial charge on any atom is -0.340 e. The molecule has 116 valence electrons. The van der Waals surface area contributed by atoms with Gasteiger partial charge in [-0.05, 0) is 5.56 Å². The second-order valence-electron chi connectivity index (χ2n) is 5.62. The van der Waals surface area contributed by atoms with Crippen LogP contribution >= 0.6 is 0 Å². The Morgan fingerprint density at radius 2 is 1.67 bits per heavy atom. The average molecular weight is 310 g/mol. The lowest BCUT2D eigenvalue weighted by Crippen LogP contribution is -2.51. The van der Waals surface area contributed by atoms with E-state index in [1.165, 1.54) is 4.31 Å². The summed E-state index contributed by atoms with van der Waals surface area (Å²) < 4.78 is 26.3. The van der Waals surface area contributed by atoms with Crippen LogP contribution in [-0.4, -0.2) is 49.7 Å². The molecule has 5 nitrogen and oxygen atoms in total. The summed E-state index contributed by atoms with van der Waals surface area (Å²) in [7, 11) is -3.31. The minimum absolute atomic E-state index is 0.0198. The van der Waals surface area contributed by atoms with Gasteiger partial charge in [0.1, 0.15) is 0 Å². The van der Waals surface area contributed by atoms with Crippen LogP contribution in [0.5, 0.6) is 0 Å². The number of hydrogen-bond acceptors (Lipinski definition) is 3. The smallest absolute Gasteiger partial charge is 0.225 e. The Morgan fingerprint density at radius 3 is 2.19 bits per heavy atom. The number of amides is 1. The van der Waals surface area contributed by atoms with Crippen molar-refractivity contribution in [2.45, 2.75) is 19.6 Å². The number of rotatable bonds is 4. The van der Waals surface area contributed by atoms with Gasteiger partial charge in [-0.2, -0.15) is 4.31 Å². The van der Waals surface area contributed by atoms with Crippen LogP contribution in [0, 0.1) is 5.92 Å². The zero-order valence-electron chi connectivity index (χ0n) is 12.5. The molecule has 1 aliphatic heterocycles. The maximum atomic E-state index is 12.4. The molecule has 0 spiro atoms. The zero-order valence-corrected chi connectivity index (χ0v) is 13.3. The molecular weight excluding hydrogens is 288 g/mol. The highest BCUT2D eigenvalue weighted by Gasteiger charge is 2.29. The molecule has 2 rings (SSSR count). The van der Waals surface area contributed by atoms with E-state index < -0.39 is 10.0 Å². The van der Waals surface area contributed by atoms with E-state index in [0.717, 1.165) is 5.56 Å². The van der Waals surface area contributed by atoms with E-state index in [1.54, 1.807) is 4.90 Å². The molecular formula is C15H22N2O3S. The van der Waals surface area contributed by atoms with E-state index in [0.29, 0.717) is 26.2 Å². The standard InChI is InChI=1S/C15H22N2O3S/c1-13(2)15(18)16-8-10-17(11-9-16)21(19,20)12-14-6-4-3-5-7-14/h3-7,13H,8-12H2,1-2H3. The molecule has 21 heavy (non-hydrogen) atoms. The molecule has 1 aromatic rings. The van der Waals surface area contributed by atoms with Crippen LogP contribution in [0.15, 0.2) is 30.3 Å². The first-order valence-corrected chi connectivity index (χ1v) is 8.81. The fourth-order valence-electron chi connectivity index (χ4n) is 2.43. The van der Waals surface area contributed by atoms with Crippen LogP contribution in [0.3, 0.4) is 0 Å². The number of benzene rings is 1. The van der Waals surface area contributed by atoms with Gasteiger partial charge in [-0.1, -0.05) is 44.2 Å². The number of carbonyl (C=O) groups excluding carboxylic acids is 1. The van der Waals surface area contributed by atoms with Crippen molar-refractivity contribution in [1.82, 2.24) is 9.21 Å². The Hall–Kier alpha value is -1.40. The van der Waals surface area contributed by atoms with Gasteiger partial charge in [0.2, 0.25) is 15.9 Å². The monoisotopic (exact) mass is 310 g/mol. The highest BCUT2D eigenvalue weighted by molar-refractivity contribution is 7.88. The highest BCUT2D eigenvalue weighted by Crippen LogP contribution is 2.14. The largest absolute Gasteiger partial charge is 0.340 e. The van der Waals surface area contributed by atoms with E-state index in [2.05, 4.69) is 0 Å². The maximum absolute atomic E-state index is 12.4. The van der Waals surface area contributed by atoms with E-state index in [4.69, 9.17) is 0 Å². The number of carbonyl (C=O) groups is 1. The van der Waals surface area contributed by atoms with Crippen molar-refractivity contribution in [3.63, 3.8) is 0 Å². The summed E-state index contributed by atoms with van der Waals surface area (Å²) in [5.74, 6) is 0.0685. The third kappa shape index (κ3) is 4.04. The van der Waals surface area contributed by atoms with Gasteiger partial charge in [0.15, 0.2) is 0 Å². The van der Waals surface area contributed by atoms with Gasteiger partial charge < -0.3 is 4.90 Å². The Balaban J connectivity index is 1.96. The number of hydrogen-bond donors (Lipinski definition) is 0. The first-order chi connectivity index (χ1) is 9.90. The van der Waals surface area contributed by atoms with E-state index in [-0.39, 0.29) is 17.6 Å². The molecule has 0 atom stereocenters. The predicted molar refractivity (Wildman–Crippen MR) is 82.1 cm³/mol. The molecule has 1 saturated heterocycles. The SMILES string of the molecule is CC(C)C(=O)N1CCN(S(=O)(=O)Cc2ccccc2)CC1. The molecule has 0 saturated carbocycles. The molecule has 0 aliphatic carbocycles. The molecule has 0 unspecified atom stereocenters. The van der Waals surface area contributed by atoms with Crippen LogP contribution in [0.4, 0.5) is 0 Å². The van der Waals surface area contributed by atoms with Crippen LogP contribution < -0.4 is 0 Å². The molecule has 1 aromatic carbocycles. The number of piperazine rings is 1. The summed E-state index contributed by atoms with van der Waals surface area (Å²) in [6, 6.07) is 9.17. The van der Waals surface area contributed by atoms with Crippen LogP contribution in [-0.2, 0) is 20.6 Å². The van der Waals surface area contributed by atoms with Gasteiger partial charge in [0.05, 0.1) is 5.75 Å². The van der Waals surface area contributed by atoms with Crippen molar-refractivity contribution in [3.05, 3.63) is 35.9 Å². The summed E-state index contributed by atoms with van der Waals surface area (Å²) >= 11 is 0. The van der Waals surface area contributed by atoms with Gasteiger partial charge in [0, 0.05) is 32.1 Å². The van der Waals surface area contributed by atoms with Crippen molar-refractivity contribution in [3.8, 4) is 0 Å². The molecule has 1 fully saturated rings. The molecule has 0 N–H and O–H groups in total. The summed E-state index contributed by atoms with van der Waals surface area (Å²) in [5, 5.41) is 0. The fourth-order valence-corrected chi connectivity index (χ4v) is 3.94. The highest BCUT2D eigenvalue weighted by atomic mass is 32.2. The van der Waals surface area contributed by atoms with Gasteiger partial charge >= 0.3 is 0 Å². The lowest BCUT2D eigenvalue weighted by Gasteiger charge is -2.34. The molecule has 0 radical (unpaired) electrons. The first-order valence-electron chi connectivity index (χ1n) is 7.20. The predicted octanol–water partition coefficient (Wildman–Crippen LogP) is 1.32. The minimum atomic E-state index is -3.31. The normalized spacial score (nSPS) is 17.2. The summed E-state index contributed by atoms with van der Waals surface area (Å²) in [4.78, 5) is 13.7. The Kier molecular flexibility index (Phi) is 5.00. The molecule has 1 amide bonds. The van der Waals surface area contributed by atoms with Crippen molar-refractivity contribution < 1.29 is 13.2 Å². The first kappa shape index (κ1) is 16.0. The van der Waals surface area contributed by atoms with Crippen LogP contribution in [0.1, 0.15) is 19.4 Å². The average Bonchev–Trinajstić information content (AvgIpc) is 2.47. The maximum Gasteiger partial charge on any atom is 0.225 e. The quantitative estimate of drug-likeness (QED) is 0.843. The molecule has 1 heterocycles. The second-order valence-corrected chi connectivity index (χ2v) is 7.59. The number of nitrogens with zero attached hydrogens (tertiary/aromatic N) is 2. The Labute approximate surface area is 126 Å². The van der Waals surface area contributed by atoms with Crippen molar-refractivity contribution in [1.29, 1.82) is 0 Å². The molecule has 0 aromatic heterocycles. The lowest BCUT2D eigenvalue weighted by molar-refractivity contribution is -0.135. The zero-order chi connectivity index (χ0) is 15.5. The second kappa shape index (κ2) is 6.58.